The normalized spacial score (nSPS) is 15.1. The van der Waals surface area contributed by atoms with Crippen molar-refractivity contribution in [3.8, 4) is 0 Å². The predicted molar refractivity (Wildman–Crippen MR) is 92.1 cm³/mol. The molecule has 0 aliphatic carbocycles. The third-order valence-electron chi connectivity index (χ3n) is 4.44. The largest absolute Gasteiger partial charge is 0.334 e. The van der Waals surface area contributed by atoms with Gasteiger partial charge in [0.2, 0.25) is 0 Å². The van der Waals surface area contributed by atoms with Crippen LogP contribution in [0.4, 0.5) is 0 Å². The Morgan fingerprint density at radius 1 is 1.35 bits per heavy atom. The number of benzene rings is 1. The molecule has 1 atom stereocenters. The molecule has 0 saturated carbocycles. The van der Waals surface area contributed by atoms with Gasteiger partial charge in [-0.3, -0.25) is 4.79 Å². The Balaban J connectivity index is 1.82. The Bertz CT molecular complexity index is 718. The number of nitrogens with zero attached hydrogens (tertiary/aromatic N) is 3. The maximum atomic E-state index is 12.7. The highest BCUT2D eigenvalue weighted by Crippen LogP contribution is 2.29. The summed E-state index contributed by atoms with van der Waals surface area (Å²) in [6, 6.07) is 5.18. The van der Waals surface area contributed by atoms with Crippen molar-refractivity contribution in [2.75, 3.05) is 7.05 Å². The lowest BCUT2D eigenvalue weighted by atomic mass is 10.1. The van der Waals surface area contributed by atoms with Crippen molar-refractivity contribution in [3.63, 3.8) is 0 Å². The van der Waals surface area contributed by atoms with Crippen LogP contribution in [0, 0.1) is 0 Å². The van der Waals surface area contributed by atoms with Gasteiger partial charge in [0.05, 0.1) is 6.04 Å². The van der Waals surface area contributed by atoms with Crippen molar-refractivity contribution in [2.24, 2.45) is 0 Å². The fourth-order valence-corrected chi connectivity index (χ4v) is 3.49. The van der Waals surface area contributed by atoms with Crippen molar-refractivity contribution < 1.29 is 4.79 Å². The van der Waals surface area contributed by atoms with Gasteiger partial charge in [-0.2, -0.15) is 0 Å². The number of halogens is 2. The summed E-state index contributed by atoms with van der Waals surface area (Å²) < 4.78 is 2.09. The van der Waals surface area contributed by atoms with Gasteiger partial charge in [-0.25, -0.2) is 4.98 Å². The van der Waals surface area contributed by atoms with Crippen molar-refractivity contribution in [3.05, 3.63) is 51.5 Å². The molecule has 0 N–H and O–H groups in total. The van der Waals surface area contributed by atoms with Gasteiger partial charge in [0, 0.05) is 36.3 Å². The summed E-state index contributed by atoms with van der Waals surface area (Å²) in [5.41, 5.74) is 1.37. The molecular formula is C17H19Cl2N3O. The third-order valence-corrected chi connectivity index (χ3v) is 5.00. The Morgan fingerprint density at radius 2 is 2.13 bits per heavy atom. The molecular weight excluding hydrogens is 333 g/mol. The van der Waals surface area contributed by atoms with Crippen LogP contribution in [-0.4, -0.2) is 27.4 Å². The van der Waals surface area contributed by atoms with Crippen molar-refractivity contribution in [1.82, 2.24) is 14.5 Å². The van der Waals surface area contributed by atoms with Gasteiger partial charge < -0.3 is 9.47 Å². The number of hydrogen-bond acceptors (Lipinski definition) is 2. The Morgan fingerprint density at radius 3 is 2.83 bits per heavy atom. The first-order chi connectivity index (χ1) is 11.0. The number of fused-ring (bicyclic) bond motifs is 1. The number of hydrogen-bond donors (Lipinski definition) is 0. The van der Waals surface area contributed by atoms with Crippen LogP contribution < -0.4 is 0 Å². The summed E-state index contributed by atoms with van der Waals surface area (Å²) in [4.78, 5) is 18.9. The van der Waals surface area contributed by atoms with Gasteiger partial charge in [-0.05, 0) is 37.5 Å². The summed E-state index contributed by atoms with van der Waals surface area (Å²) in [6.45, 7) is 2.89. The topological polar surface area (TPSA) is 38.1 Å². The van der Waals surface area contributed by atoms with Gasteiger partial charge in [0.15, 0.2) is 0 Å². The summed E-state index contributed by atoms with van der Waals surface area (Å²) in [7, 11) is 1.77. The van der Waals surface area contributed by atoms with Crippen molar-refractivity contribution in [1.29, 1.82) is 0 Å². The van der Waals surface area contributed by atoms with Crippen molar-refractivity contribution >= 4 is 29.1 Å². The van der Waals surface area contributed by atoms with E-state index in [0.29, 0.717) is 15.7 Å². The minimum Gasteiger partial charge on any atom is -0.334 e. The Kier molecular flexibility index (Phi) is 4.64. The number of aromatic nitrogens is 2. The fraction of sp³-hybridized carbons (Fsp3) is 0.412. The summed E-state index contributed by atoms with van der Waals surface area (Å²) in [5.74, 6) is 0.913. The summed E-state index contributed by atoms with van der Waals surface area (Å²) in [6.07, 6.45) is 5.08. The van der Waals surface area contributed by atoms with Gasteiger partial charge in [-0.1, -0.05) is 29.3 Å². The van der Waals surface area contributed by atoms with Crippen LogP contribution in [0.1, 0.15) is 47.7 Å². The number of rotatable bonds is 3. The smallest absolute Gasteiger partial charge is 0.274 e. The number of carbonyl (C=O) groups is 1. The van der Waals surface area contributed by atoms with E-state index in [4.69, 9.17) is 23.2 Å². The van der Waals surface area contributed by atoms with Crippen LogP contribution in [0.15, 0.2) is 24.4 Å². The van der Waals surface area contributed by atoms with Crippen LogP contribution in [0.2, 0.25) is 10.0 Å². The number of carbonyl (C=O) groups excluding carboxylic acids is 1. The zero-order valence-corrected chi connectivity index (χ0v) is 14.7. The molecule has 4 nitrogen and oxygen atoms in total. The average Bonchev–Trinajstić information content (AvgIpc) is 2.97. The molecule has 0 radical (unpaired) electrons. The molecule has 1 aromatic heterocycles. The second-order valence-corrected chi connectivity index (χ2v) is 6.79. The second kappa shape index (κ2) is 6.54. The van der Waals surface area contributed by atoms with Crippen LogP contribution in [-0.2, 0) is 13.0 Å². The van der Waals surface area contributed by atoms with Gasteiger partial charge in [-0.15, -0.1) is 0 Å². The molecule has 0 spiro atoms. The van der Waals surface area contributed by atoms with Gasteiger partial charge in [0.25, 0.3) is 5.91 Å². The monoisotopic (exact) mass is 351 g/mol. The molecule has 122 valence electrons. The highest BCUT2D eigenvalue weighted by atomic mass is 35.5. The van der Waals surface area contributed by atoms with Crippen LogP contribution in [0.3, 0.4) is 0 Å². The molecule has 1 unspecified atom stereocenters. The lowest BCUT2D eigenvalue weighted by molar-refractivity contribution is 0.0737. The molecule has 2 heterocycles. The highest BCUT2D eigenvalue weighted by molar-refractivity contribution is 6.35. The standard InChI is InChI=1S/C17H19Cl2N3O/c1-11(13-7-6-12(18)9-14(13)19)21(2)17(23)15-10-22-8-4-3-5-16(22)20-15/h6-7,9-11H,3-5,8H2,1-2H3. The minimum absolute atomic E-state index is 0.0922. The average molecular weight is 352 g/mol. The predicted octanol–water partition coefficient (Wildman–Crippen LogP) is 4.36. The van der Waals surface area contributed by atoms with E-state index in [0.717, 1.165) is 37.2 Å². The number of imidazole rings is 1. The van der Waals surface area contributed by atoms with Crippen LogP contribution in [0.5, 0.6) is 0 Å². The maximum Gasteiger partial charge on any atom is 0.274 e. The molecule has 1 aliphatic heterocycles. The zero-order valence-electron chi connectivity index (χ0n) is 13.2. The molecule has 2 aromatic rings. The first-order valence-corrected chi connectivity index (χ1v) is 8.51. The maximum absolute atomic E-state index is 12.7. The van der Waals surface area contributed by atoms with Crippen molar-refractivity contribution in [2.45, 2.75) is 38.8 Å². The minimum atomic E-state index is -0.161. The van der Waals surface area contributed by atoms with Crippen LogP contribution >= 0.6 is 23.2 Å². The lowest BCUT2D eigenvalue weighted by Gasteiger charge is -2.25. The summed E-state index contributed by atoms with van der Waals surface area (Å²) in [5, 5.41) is 1.15. The number of amides is 1. The van der Waals surface area contributed by atoms with E-state index in [2.05, 4.69) is 9.55 Å². The second-order valence-electron chi connectivity index (χ2n) is 5.95. The summed E-state index contributed by atoms with van der Waals surface area (Å²) >= 11 is 12.2. The molecule has 6 heteroatoms. The van der Waals surface area contributed by atoms with E-state index >= 15 is 0 Å². The lowest BCUT2D eigenvalue weighted by Crippen LogP contribution is -2.30. The Hall–Kier alpha value is -1.52. The molecule has 0 bridgehead atoms. The van der Waals surface area contributed by atoms with E-state index in [1.54, 1.807) is 24.1 Å². The SMILES string of the molecule is CC(c1ccc(Cl)cc1Cl)N(C)C(=O)c1cn2c(n1)CCCC2. The van der Waals surface area contributed by atoms with Crippen LogP contribution in [0.25, 0.3) is 0 Å². The van der Waals surface area contributed by atoms with Gasteiger partial charge >= 0.3 is 0 Å². The van der Waals surface area contributed by atoms with E-state index in [9.17, 15) is 4.79 Å². The highest BCUT2D eigenvalue weighted by Gasteiger charge is 2.24. The quantitative estimate of drug-likeness (QED) is 0.823. The molecule has 23 heavy (non-hydrogen) atoms. The third kappa shape index (κ3) is 3.24. The first-order valence-electron chi connectivity index (χ1n) is 7.75. The van der Waals surface area contributed by atoms with Gasteiger partial charge in [0.1, 0.15) is 11.5 Å². The Labute approximate surface area is 146 Å². The molecule has 3 rings (SSSR count). The first kappa shape index (κ1) is 16.3. The molecule has 0 saturated heterocycles. The van der Waals surface area contributed by atoms with E-state index in [-0.39, 0.29) is 11.9 Å². The fourth-order valence-electron chi connectivity index (χ4n) is 2.92. The van der Waals surface area contributed by atoms with E-state index in [1.807, 2.05) is 19.2 Å². The zero-order chi connectivity index (χ0) is 16.6. The van der Waals surface area contributed by atoms with E-state index in [1.165, 1.54) is 0 Å². The van der Waals surface area contributed by atoms with E-state index < -0.39 is 0 Å². The molecule has 1 amide bonds. The molecule has 1 aromatic carbocycles. The number of aryl methyl sites for hydroxylation is 2. The molecule has 0 fully saturated rings. The molecule has 1 aliphatic rings.